The minimum atomic E-state index is -4.04. The van der Waals surface area contributed by atoms with Crippen LogP contribution in [0.25, 0.3) is 26.4 Å². The number of carbonyl (C=O) groups is 1. The molecule has 0 spiro atoms. The van der Waals surface area contributed by atoms with Crippen LogP contribution in [0.1, 0.15) is 10.4 Å². The number of nitro groups is 1. The maximum absolute atomic E-state index is 12.7. The summed E-state index contributed by atoms with van der Waals surface area (Å²) in [6.07, 6.45) is 5.14. The van der Waals surface area contributed by atoms with Crippen molar-refractivity contribution < 1.29 is 38.6 Å². The van der Waals surface area contributed by atoms with Crippen molar-refractivity contribution in [3.05, 3.63) is 154 Å². The average Bonchev–Trinajstić information content (AvgIpc) is 3.03. The Morgan fingerprint density at radius 3 is 2.02 bits per heavy atom. The first-order valence-electron chi connectivity index (χ1n) is 12.4. The van der Waals surface area contributed by atoms with Crippen molar-refractivity contribution in [3.63, 3.8) is 0 Å². The van der Waals surface area contributed by atoms with Crippen molar-refractivity contribution in [2.24, 2.45) is 5.73 Å². The van der Waals surface area contributed by atoms with Crippen LogP contribution in [0, 0.1) is 16.2 Å². The fourth-order valence-corrected chi connectivity index (χ4v) is 4.75. The van der Waals surface area contributed by atoms with Crippen molar-refractivity contribution in [1.82, 2.24) is 9.97 Å². The number of rotatable bonds is 5. The maximum Gasteiger partial charge on any atom is 2.00 e. The van der Waals surface area contributed by atoms with Crippen molar-refractivity contribution >= 4 is 49.0 Å². The first kappa shape index (κ1) is 32.5. The number of amides is 1. The fraction of sp³-hybridized carbons (Fsp3) is 0. The van der Waals surface area contributed by atoms with Crippen molar-refractivity contribution in [1.29, 1.82) is 0 Å². The van der Waals surface area contributed by atoms with E-state index in [1.165, 1.54) is 12.1 Å². The van der Waals surface area contributed by atoms with E-state index in [0.717, 1.165) is 22.9 Å². The monoisotopic (exact) mass is 683 g/mol. The third-order valence-electron chi connectivity index (χ3n) is 5.73. The standard InChI is InChI=1S/C19H12N3O4S.C7H6NO.C5H5N.Pd/c23-22(24)15-8-10-16(11-9-15)27(25,26)21-17-5-1-3-13-6-7-14-4-2-12-20-19(14)18(13)17;8-7(9)6-4-2-1-3-5-6;1-2-4-6-5-3-1;/h1-12H;2-5H,(H2,8,9);1-5H;/q2*-1;;+2. The molecule has 0 saturated heterocycles. The van der Waals surface area contributed by atoms with Crippen molar-refractivity contribution in [2.45, 2.75) is 4.90 Å². The van der Waals surface area contributed by atoms with Crippen LogP contribution in [0.5, 0.6) is 0 Å². The molecule has 1 amide bonds. The molecule has 0 aliphatic heterocycles. The molecule has 12 heteroatoms. The molecule has 10 nitrogen and oxygen atoms in total. The minimum absolute atomic E-state index is 0. The number of nitrogens with zero attached hydrogens (tertiary/aromatic N) is 4. The summed E-state index contributed by atoms with van der Waals surface area (Å²) >= 11 is 0. The van der Waals surface area contributed by atoms with Gasteiger partial charge in [0.15, 0.2) is 0 Å². The van der Waals surface area contributed by atoms with Gasteiger partial charge in [0.1, 0.15) is 10.0 Å². The van der Waals surface area contributed by atoms with E-state index in [-0.39, 0.29) is 36.7 Å². The molecule has 0 aliphatic carbocycles. The predicted molar refractivity (Wildman–Crippen MR) is 161 cm³/mol. The van der Waals surface area contributed by atoms with E-state index in [1.807, 2.05) is 48.5 Å². The van der Waals surface area contributed by atoms with Gasteiger partial charge in [-0.25, -0.2) is 8.42 Å². The number of nitro benzene ring substituents is 1. The fourth-order valence-electron chi connectivity index (χ4n) is 3.76. The van der Waals surface area contributed by atoms with Crippen LogP contribution >= 0.6 is 0 Å². The molecule has 6 aromatic rings. The van der Waals surface area contributed by atoms with Gasteiger partial charge in [0.2, 0.25) is 5.91 Å². The number of carbonyl (C=O) groups excluding carboxylic acids is 1. The SMILES string of the molecule is NC(=O)c1cc[c-]cc1.O=[N+]([O-])c1ccc(S(=O)(=O)[N-]c2cccc3ccc4cccnc4c23)cc1.[Pd+2].c1ccncc1. The van der Waals surface area contributed by atoms with Crippen LogP contribution in [0.3, 0.4) is 0 Å². The normalized spacial score (nSPS) is 10.2. The van der Waals surface area contributed by atoms with E-state index < -0.39 is 20.9 Å². The van der Waals surface area contributed by atoms with Gasteiger partial charge >= 0.3 is 20.4 Å². The third-order valence-corrected chi connectivity index (χ3v) is 7.03. The summed E-state index contributed by atoms with van der Waals surface area (Å²) in [5.74, 6) is -0.399. The molecule has 0 aliphatic rings. The molecule has 218 valence electrons. The Morgan fingerprint density at radius 2 is 1.47 bits per heavy atom. The van der Waals surface area contributed by atoms with Gasteiger partial charge in [-0.2, -0.15) is 30.3 Å². The Kier molecular flexibility index (Phi) is 11.5. The van der Waals surface area contributed by atoms with Gasteiger partial charge in [0, 0.05) is 36.1 Å². The van der Waals surface area contributed by atoms with E-state index >= 15 is 0 Å². The summed E-state index contributed by atoms with van der Waals surface area (Å²) in [4.78, 5) is 28.6. The second kappa shape index (κ2) is 15.3. The summed E-state index contributed by atoms with van der Waals surface area (Å²) in [5, 5.41) is 13.1. The van der Waals surface area contributed by atoms with Gasteiger partial charge < -0.3 is 10.5 Å². The first-order valence-corrected chi connectivity index (χ1v) is 13.8. The molecule has 0 atom stereocenters. The van der Waals surface area contributed by atoms with Crippen molar-refractivity contribution in [3.8, 4) is 0 Å². The smallest absolute Gasteiger partial charge is 0.572 e. The van der Waals surface area contributed by atoms with E-state index in [9.17, 15) is 23.3 Å². The number of benzene rings is 4. The summed E-state index contributed by atoms with van der Waals surface area (Å²) < 4.78 is 29.4. The molecule has 2 heterocycles. The molecule has 0 unspecified atom stereocenters. The summed E-state index contributed by atoms with van der Waals surface area (Å²) in [6.45, 7) is 0. The van der Waals surface area contributed by atoms with Crippen LogP contribution in [0.15, 0.2) is 133 Å². The van der Waals surface area contributed by atoms with Gasteiger partial charge in [-0.05, 0) is 41.1 Å². The largest absolute Gasteiger partial charge is 2.00 e. The Morgan fingerprint density at radius 1 is 0.814 bits per heavy atom. The molecule has 2 aromatic heterocycles. The van der Waals surface area contributed by atoms with Crippen LogP contribution < -0.4 is 5.73 Å². The minimum Gasteiger partial charge on any atom is -0.572 e. The molecule has 0 saturated carbocycles. The van der Waals surface area contributed by atoms with E-state index in [0.29, 0.717) is 16.5 Å². The maximum atomic E-state index is 12.7. The van der Waals surface area contributed by atoms with Crippen LogP contribution in [0.2, 0.25) is 0 Å². The van der Waals surface area contributed by atoms with Gasteiger partial charge in [0.25, 0.3) is 5.69 Å². The van der Waals surface area contributed by atoms with Gasteiger partial charge in [0.05, 0.1) is 15.3 Å². The Balaban J connectivity index is 0.000000259. The zero-order valence-corrected chi connectivity index (χ0v) is 24.6. The van der Waals surface area contributed by atoms with E-state index in [1.54, 1.807) is 55.0 Å². The molecule has 6 rings (SSSR count). The molecule has 2 N–H and O–H groups in total. The number of aromatic nitrogens is 2. The summed E-state index contributed by atoms with van der Waals surface area (Å²) in [7, 11) is -4.04. The summed E-state index contributed by atoms with van der Waals surface area (Å²) in [6, 6.07) is 32.4. The average molecular weight is 684 g/mol. The molecule has 43 heavy (non-hydrogen) atoms. The topological polar surface area (TPSA) is 160 Å². The number of pyridine rings is 2. The van der Waals surface area contributed by atoms with Crippen LogP contribution in [-0.2, 0) is 30.4 Å². The Bertz CT molecular complexity index is 1900. The van der Waals surface area contributed by atoms with Gasteiger partial charge in [-0.15, -0.1) is 5.69 Å². The second-order valence-corrected chi connectivity index (χ2v) is 10.1. The zero-order chi connectivity index (χ0) is 30.0. The van der Waals surface area contributed by atoms with Crippen LogP contribution in [-0.4, -0.2) is 29.2 Å². The number of sulfonamides is 1. The molecular weight excluding hydrogens is 661 g/mol. The number of nitrogens with two attached hydrogens (primary N) is 1. The molecule has 0 radical (unpaired) electrons. The van der Waals surface area contributed by atoms with Gasteiger partial charge in [-0.3, -0.25) is 24.9 Å². The number of fused-ring (bicyclic) bond motifs is 3. The van der Waals surface area contributed by atoms with E-state index in [4.69, 9.17) is 5.73 Å². The number of primary amides is 1. The molecule has 4 aromatic carbocycles. The number of hydrogen-bond donors (Lipinski definition) is 1. The molecular formula is C31H23N5O5PdS. The Hall–Kier alpha value is -5.02. The molecule has 0 fully saturated rings. The van der Waals surface area contributed by atoms with E-state index in [2.05, 4.69) is 20.8 Å². The third kappa shape index (κ3) is 8.73. The number of hydrogen-bond acceptors (Lipinski definition) is 7. The van der Waals surface area contributed by atoms with Gasteiger partial charge in [-0.1, -0.05) is 48.0 Å². The molecule has 0 bridgehead atoms. The van der Waals surface area contributed by atoms with Crippen LogP contribution in [0.4, 0.5) is 11.4 Å². The Labute approximate surface area is 261 Å². The second-order valence-electron chi connectivity index (χ2n) is 8.51. The number of non-ortho nitro benzene ring substituents is 1. The quantitative estimate of drug-likeness (QED) is 0.0728. The zero-order valence-electron chi connectivity index (χ0n) is 22.3. The summed E-state index contributed by atoms with van der Waals surface area (Å²) in [5.41, 5.74) is 6.23. The first-order chi connectivity index (χ1) is 20.3. The van der Waals surface area contributed by atoms with Crippen molar-refractivity contribution in [2.75, 3.05) is 0 Å². The predicted octanol–water partition coefficient (Wildman–Crippen LogP) is 6.36.